The van der Waals surface area contributed by atoms with Crippen molar-refractivity contribution in [3.8, 4) is 104 Å². The molecule has 0 atom stereocenters. The van der Waals surface area contributed by atoms with Crippen molar-refractivity contribution in [2.75, 3.05) is 0 Å². The summed E-state index contributed by atoms with van der Waals surface area (Å²) >= 11 is 24.6. The molecule has 5 heterocycles. The van der Waals surface area contributed by atoms with Gasteiger partial charge in [0.2, 0.25) is 0 Å². The average Bonchev–Trinajstić information content (AvgIpc) is 1.49. The Kier molecular flexibility index (Phi) is 38.6. The van der Waals surface area contributed by atoms with Crippen LogP contribution in [0.25, 0.3) is 127 Å². The van der Waals surface area contributed by atoms with Crippen LogP contribution in [-0.4, -0.2) is 53.3 Å². The minimum Gasteiger partial charge on any atom is -0.343 e. The van der Waals surface area contributed by atoms with Crippen LogP contribution in [0, 0.1) is 6.92 Å². The number of benzene rings is 10. The average molecular weight is 2210 g/mol. The quantitative estimate of drug-likeness (QED) is 0.0434. The Bertz CT molecular complexity index is 6790. The van der Waals surface area contributed by atoms with Gasteiger partial charge in [0.15, 0.2) is 11.7 Å². The zero-order valence-corrected chi connectivity index (χ0v) is 85.2. The Morgan fingerprint density at radius 3 is 0.721 bits per heavy atom. The van der Waals surface area contributed by atoms with Crippen molar-refractivity contribution in [3.63, 3.8) is 0 Å². The van der Waals surface area contributed by atoms with Crippen LogP contribution in [-0.2, 0) is 57.9 Å². The molecule has 0 spiro atoms. The fraction of sp³-hybridized carbons (Fsp3) is 0.160. The molecule has 5 aromatic heterocycles. The summed E-state index contributed by atoms with van der Waals surface area (Å²) in [6, 6.07) is 92.2. The number of halogens is 22. The van der Waals surface area contributed by atoms with E-state index >= 15 is 26.3 Å². The van der Waals surface area contributed by atoms with Crippen LogP contribution in [0.1, 0.15) is 75.1 Å². The Balaban J connectivity index is 0.000000175. The molecule has 4 aliphatic rings. The van der Waals surface area contributed by atoms with Crippen LogP contribution in [0.4, 0.5) is 87.8 Å². The van der Waals surface area contributed by atoms with Gasteiger partial charge in [0, 0.05) is 150 Å². The van der Waals surface area contributed by atoms with Gasteiger partial charge in [-0.2, -0.15) is 85.4 Å². The molecule has 0 N–H and O–H groups in total. The number of hydrogen-bond acceptors (Lipinski definition) is 7. The smallest absolute Gasteiger partial charge is 0.343 e. The first-order chi connectivity index (χ1) is 66.3. The van der Waals surface area contributed by atoms with E-state index in [-0.39, 0.29) is 49.5 Å². The number of rotatable bonds is 15. The van der Waals surface area contributed by atoms with E-state index < -0.39 is 98.4 Å². The van der Waals surface area contributed by atoms with Crippen LogP contribution in [0.2, 0.25) is 5.02 Å². The molecular formula is C106H77BrClF20LiS11. The summed E-state index contributed by atoms with van der Waals surface area (Å²) in [4.78, 5) is 4.57. The molecule has 722 valence electrons. The fourth-order valence-electron chi connectivity index (χ4n) is 14.6. The second-order valence-corrected chi connectivity index (χ2v) is 44.0. The third-order valence-electron chi connectivity index (χ3n) is 21.4. The van der Waals surface area contributed by atoms with E-state index in [0.717, 1.165) is 68.4 Å². The molecule has 0 bridgehead atoms. The van der Waals surface area contributed by atoms with Crippen LogP contribution in [0.3, 0.4) is 0 Å². The first kappa shape index (κ1) is 111. The molecule has 0 nitrogen and oxygen atoms in total. The van der Waals surface area contributed by atoms with E-state index in [1.54, 1.807) is 212 Å². The third-order valence-corrected chi connectivity index (χ3v) is 35.4. The molecule has 0 aliphatic heterocycles. The van der Waals surface area contributed by atoms with Crippen LogP contribution < -0.4 is 18.9 Å². The van der Waals surface area contributed by atoms with Crippen molar-refractivity contribution < 1.29 is 107 Å². The number of thiophene rings is 5. The van der Waals surface area contributed by atoms with E-state index in [9.17, 15) is 61.5 Å². The molecule has 140 heavy (non-hydrogen) atoms. The molecular weight excluding hydrogens is 2130 g/mol. The topological polar surface area (TPSA) is 0 Å². The van der Waals surface area contributed by atoms with Crippen molar-refractivity contribution in [2.45, 2.75) is 106 Å². The Hall–Kier alpha value is -9.05. The van der Waals surface area contributed by atoms with E-state index in [1.165, 1.54) is 118 Å². The second kappa shape index (κ2) is 48.6. The van der Waals surface area contributed by atoms with Crippen molar-refractivity contribution in [3.05, 3.63) is 390 Å². The molecule has 0 unspecified atom stereocenters. The molecule has 4 aliphatic carbocycles. The van der Waals surface area contributed by atoms with Gasteiger partial charge >= 0.3 is 72.2 Å². The first-order valence-corrected chi connectivity index (χ1v) is 54.2. The molecule has 0 saturated heterocycles. The minimum atomic E-state index is -5.87. The Morgan fingerprint density at radius 2 is 0.507 bits per heavy atom. The van der Waals surface area contributed by atoms with Crippen molar-refractivity contribution in [2.24, 2.45) is 0 Å². The molecule has 15 aromatic rings. The van der Waals surface area contributed by atoms with E-state index in [2.05, 4.69) is 119 Å². The van der Waals surface area contributed by atoms with Gasteiger partial charge in [-0.3, -0.25) is 0 Å². The SMILES string of the molecule is Brc1cc(-c2ccccc2)sc1-c1ccccc1.C1=CCCC1.CC.FC1(F)C(c2cc(-c3ccccc3)sc2-c2ccccc2)=C(c2cc(-c3ccc(Cl)cc3)sc2-c2ccccc2)C(F)(F)C1(F)F.FC1=C(c2cc(-c3ccccc3)sc2-c2ccccc2)C(F)(F)C(F)(F)C1(F)F.FC1=C(c2cc(-c3ccccc3)sc2-c2ccccc2)C(F)(F)C(F)(F)C1(F)F.S=S=S=S=S=S.[CH2-]CCC.[Li+]. The van der Waals surface area contributed by atoms with E-state index in [1.807, 2.05) is 37.3 Å². The van der Waals surface area contributed by atoms with Crippen LogP contribution >= 0.6 is 84.2 Å². The predicted octanol–water partition coefficient (Wildman–Crippen LogP) is 35.5. The summed E-state index contributed by atoms with van der Waals surface area (Å²) in [5.41, 5.74) is -2.37. The summed E-state index contributed by atoms with van der Waals surface area (Å²) < 4.78 is 294. The summed E-state index contributed by atoms with van der Waals surface area (Å²) in [5, 5.41) is 0.440. The fourth-order valence-corrected chi connectivity index (χ4v) is 26.8. The van der Waals surface area contributed by atoms with Crippen molar-refractivity contribution in [1.29, 1.82) is 0 Å². The maximum Gasteiger partial charge on any atom is 1.00 e. The largest absolute Gasteiger partial charge is 1.00 e. The van der Waals surface area contributed by atoms with Crippen LogP contribution in [0.5, 0.6) is 0 Å². The van der Waals surface area contributed by atoms with Gasteiger partial charge < -0.3 is 6.92 Å². The zero-order valence-electron chi connectivity index (χ0n) is 73.9. The summed E-state index contributed by atoms with van der Waals surface area (Å²) in [6.45, 7) is 9.72. The zero-order chi connectivity index (χ0) is 100. The van der Waals surface area contributed by atoms with Crippen LogP contribution in [0.15, 0.2) is 356 Å². The number of hydrogen-bond donors (Lipinski definition) is 0. The monoisotopic (exact) mass is 2200 g/mol. The summed E-state index contributed by atoms with van der Waals surface area (Å²) in [6.07, 6.45) is 10.8. The summed E-state index contributed by atoms with van der Waals surface area (Å²) in [5.74, 6) is -55.4. The Labute approximate surface area is 863 Å². The first-order valence-electron chi connectivity index (χ1n) is 42.3. The second-order valence-electron chi connectivity index (χ2n) is 30.3. The van der Waals surface area contributed by atoms with Gasteiger partial charge in [0.25, 0.3) is 0 Å². The summed E-state index contributed by atoms with van der Waals surface area (Å²) in [7, 11) is 5.63. The molecule has 0 fully saturated rings. The number of unbranched alkanes of at least 4 members (excludes halogenated alkanes) is 1. The minimum absolute atomic E-state index is 0. The molecule has 10 aromatic carbocycles. The Morgan fingerprint density at radius 1 is 0.307 bits per heavy atom. The molecule has 0 radical (unpaired) electrons. The van der Waals surface area contributed by atoms with E-state index in [0.29, 0.717) is 69.0 Å². The van der Waals surface area contributed by atoms with Gasteiger partial charge in [-0.25, -0.2) is 8.78 Å². The standard InChI is InChI=1S/C37H21ClF6S2.2C21H11F7S.C16H11BrS.C5H8.C4H9.C2H6.Li.S6/c38-26-18-16-23(17-19-26)30-21-28(34(46-30)25-14-8-3-9-15-25)32-31(35(39,40)37(43,44)36(32,41)42)27-20-29(22-10-4-1-5-11-22)45-33(27)24-12-6-2-7-13-24;2*22-18-16(19(23,24)21(27,28)20(18,25)26)14-11-15(12-7-3-1-4-8-12)29-17(14)13-9-5-2-6-10-13;17-14-11-15(12-7-3-1-4-8-12)18-16(14)13-9-5-2-6-10-13;1-2-4-5-3-1;1-3-4-2;1-2;;1-3-5-6-4-2/h1-21H;2*1-11H;1-11H;1-2H,3-5H2;1,3-4H2,2H3;1-2H3;;/q;;;;;-1;;+1;. The van der Waals surface area contributed by atoms with Crippen molar-refractivity contribution >= 4 is 164 Å². The van der Waals surface area contributed by atoms with Gasteiger partial charge in [-0.1, -0.05) is 336 Å². The third kappa shape index (κ3) is 23.5. The molecule has 0 saturated carbocycles. The van der Waals surface area contributed by atoms with Crippen molar-refractivity contribution in [1.82, 2.24) is 0 Å². The molecule has 34 heteroatoms. The number of allylic oxidation sites excluding steroid dienone is 8. The van der Waals surface area contributed by atoms with E-state index in [4.69, 9.17) is 11.6 Å². The number of alkyl halides is 18. The van der Waals surface area contributed by atoms with Gasteiger partial charge in [0.1, 0.15) is 0 Å². The van der Waals surface area contributed by atoms with Gasteiger partial charge in [0.05, 0.1) is 11.1 Å². The maximum absolute atomic E-state index is 16.2. The molecule has 19 rings (SSSR count). The normalized spacial score (nSPS) is 16.2. The van der Waals surface area contributed by atoms with Gasteiger partial charge in [-0.15, -0.1) is 56.7 Å². The maximum atomic E-state index is 16.2. The predicted molar refractivity (Wildman–Crippen MR) is 555 cm³/mol. The van der Waals surface area contributed by atoms with Gasteiger partial charge in [-0.05, 0) is 133 Å². The molecule has 0 amide bonds.